The first kappa shape index (κ1) is 10.5. The Labute approximate surface area is 80.9 Å². The third-order valence-electron chi connectivity index (χ3n) is 2.04. The van der Waals surface area contributed by atoms with Crippen molar-refractivity contribution in [1.29, 1.82) is 0 Å². The van der Waals surface area contributed by atoms with Gasteiger partial charge in [-0.1, -0.05) is 0 Å². The van der Waals surface area contributed by atoms with Crippen molar-refractivity contribution in [1.82, 2.24) is 10.2 Å². The number of amides is 2. The molecule has 0 aliphatic carbocycles. The van der Waals surface area contributed by atoms with Gasteiger partial charge in [-0.3, -0.25) is 14.4 Å². The van der Waals surface area contributed by atoms with Crippen molar-refractivity contribution in [2.24, 2.45) is 0 Å². The molecule has 0 unspecified atom stereocenters. The molecule has 6 nitrogen and oxygen atoms in total. The highest BCUT2D eigenvalue weighted by atomic mass is 16.4. The average molecular weight is 200 g/mol. The molecule has 0 bridgehead atoms. The van der Waals surface area contributed by atoms with E-state index in [0.717, 1.165) is 0 Å². The van der Waals surface area contributed by atoms with Gasteiger partial charge in [-0.2, -0.15) is 0 Å². The zero-order valence-electron chi connectivity index (χ0n) is 7.82. The van der Waals surface area contributed by atoms with Crippen LogP contribution in [0.25, 0.3) is 0 Å². The lowest BCUT2D eigenvalue weighted by molar-refractivity contribution is -0.144. The highest BCUT2D eigenvalue weighted by Crippen LogP contribution is 2.05. The molecule has 1 aliphatic rings. The summed E-state index contributed by atoms with van der Waals surface area (Å²) in [5, 5.41) is 10.9. The second-order valence-electron chi connectivity index (χ2n) is 3.25. The normalized spacial score (nSPS) is 22.1. The number of carbonyl (C=O) groups excluding carboxylic acids is 2. The fourth-order valence-electron chi connectivity index (χ4n) is 1.32. The van der Waals surface area contributed by atoms with Crippen molar-refractivity contribution in [2.75, 3.05) is 13.6 Å². The molecule has 1 aliphatic heterocycles. The molecular weight excluding hydrogens is 188 g/mol. The lowest BCUT2D eigenvalue weighted by Gasteiger charge is -2.29. The van der Waals surface area contributed by atoms with E-state index in [9.17, 15) is 14.4 Å². The van der Waals surface area contributed by atoms with Crippen LogP contribution in [0, 0.1) is 0 Å². The van der Waals surface area contributed by atoms with Gasteiger partial charge in [0.2, 0.25) is 11.8 Å². The van der Waals surface area contributed by atoms with Crippen LogP contribution in [-0.4, -0.2) is 47.4 Å². The van der Waals surface area contributed by atoms with E-state index in [0.29, 0.717) is 0 Å². The van der Waals surface area contributed by atoms with Crippen LogP contribution in [0.15, 0.2) is 0 Å². The fourth-order valence-corrected chi connectivity index (χ4v) is 1.32. The zero-order valence-corrected chi connectivity index (χ0v) is 7.82. The number of likely N-dealkylation sites (N-methyl/N-ethyl adjacent to an activating group) is 1. The molecule has 1 saturated heterocycles. The largest absolute Gasteiger partial charge is 0.481 e. The lowest BCUT2D eigenvalue weighted by Crippen LogP contribution is -2.56. The second-order valence-corrected chi connectivity index (χ2v) is 3.25. The van der Waals surface area contributed by atoms with E-state index in [4.69, 9.17) is 5.11 Å². The molecule has 0 aromatic carbocycles. The van der Waals surface area contributed by atoms with E-state index in [1.54, 1.807) is 0 Å². The average Bonchev–Trinajstić information content (AvgIpc) is 2.08. The summed E-state index contributed by atoms with van der Waals surface area (Å²) in [6.45, 7) is 0.0441. The van der Waals surface area contributed by atoms with Gasteiger partial charge in [0, 0.05) is 13.5 Å². The molecule has 14 heavy (non-hydrogen) atoms. The summed E-state index contributed by atoms with van der Waals surface area (Å²) in [6.07, 6.45) is 0.0226. The molecule has 0 spiro atoms. The monoisotopic (exact) mass is 200 g/mol. The lowest BCUT2D eigenvalue weighted by atomic mass is 10.1. The van der Waals surface area contributed by atoms with E-state index in [1.165, 1.54) is 11.9 Å². The molecule has 78 valence electrons. The number of piperazine rings is 1. The van der Waals surface area contributed by atoms with Crippen LogP contribution >= 0.6 is 0 Å². The van der Waals surface area contributed by atoms with E-state index in [1.807, 2.05) is 0 Å². The molecule has 1 rings (SSSR count). The van der Waals surface area contributed by atoms with E-state index >= 15 is 0 Å². The highest BCUT2D eigenvalue weighted by molar-refractivity contribution is 5.94. The smallest absolute Gasteiger partial charge is 0.303 e. The minimum absolute atomic E-state index is 0.0441. The van der Waals surface area contributed by atoms with Gasteiger partial charge < -0.3 is 15.3 Å². The summed E-state index contributed by atoms with van der Waals surface area (Å²) in [4.78, 5) is 34.0. The van der Waals surface area contributed by atoms with Crippen molar-refractivity contribution in [3.8, 4) is 0 Å². The summed E-state index contributed by atoms with van der Waals surface area (Å²) in [6, 6.07) is -0.683. The number of hydrogen-bond donors (Lipinski definition) is 2. The number of carboxylic acid groups (broad SMARTS) is 1. The van der Waals surface area contributed by atoms with Crippen molar-refractivity contribution >= 4 is 17.8 Å². The van der Waals surface area contributed by atoms with Crippen LogP contribution in [0.5, 0.6) is 0 Å². The standard InChI is InChI=1S/C8H12N2O4/c1-10-4-6(11)9-5(8(10)14)2-3-7(12)13/h5H,2-4H2,1H3,(H,9,11)(H,12,13)/t5-/m0/s1. The Morgan fingerprint density at radius 1 is 1.64 bits per heavy atom. The minimum Gasteiger partial charge on any atom is -0.481 e. The Morgan fingerprint density at radius 3 is 2.86 bits per heavy atom. The van der Waals surface area contributed by atoms with Crippen LogP contribution in [0.3, 0.4) is 0 Å². The summed E-state index contributed by atoms with van der Waals surface area (Å²) >= 11 is 0. The SMILES string of the molecule is CN1CC(=O)N[C@@H](CCC(=O)O)C1=O. The number of carboxylic acids is 1. The zero-order chi connectivity index (χ0) is 10.7. The summed E-state index contributed by atoms with van der Waals surface area (Å²) in [7, 11) is 1.52. The Balaban J connectivity index is 2.53. The Bertz CT molecular complexity index is 277. The molecule has 1 fully saturated rings. The Morgan fingerprint density at radius 2 is 2.29 bits per heavy atom. The molecule has 1 heterocycles. The number of rotatable bonds is 3. The van der Waals surface area contributed by atoms with Gasteiger partial charge in [0.25, 0.3) is 0 Å². The Hall–Kier alpha value is -1.59. The molecule has 1 atom stereocenters. The highest BCUT2D eigenvalue weighted by Gasteiger charge is 2.30. The van der Waals surface area contributed by atoms with Gasteiger partial charge in [0.1, 0.15) is 6.04 Å². The number of nitrogens with zero attached hydrogens (tertiary/aromatic N) is 1. The number of nitrogens with one attached hydrogen (secondary N) is 1. The minimum atomic E-state index is -0.972. The summed E-state index contributed by atoms with van der Waals surface area (Å²) in [5.74, 6) is -1.45. The second kappa shape index (κ2) is 4.08. The van der Waals surface area contributed by atoms with E-state index < -0.39 is 12.0 Å². The Kier molecular flexibility index (Phi) is 3.06. The van der Waals surface area contributed by atoms with Crippen molar-refractivity contribution in [3.63, 3.8) is 0 Å². The van der Waals surface area contributed by atoms with Gasteiger partial charge in [-0.05, 0) is 6.42 Å². The molecule has 0 aromatic rings. The van der Waals surface area contributed by atoms with Gasteiger partial charge in [0.15, 0.2) is 0 Å². The molecule has 0 radical (unpaired) electrons. The van der Waals surface area contributed by atoms with Crippen molar-refractivity contribution in [2.45, 2.75) is 18.9 Å². The third kappa shape index (κ3) is 2.45. The summed E-state index contributed by atoms with van der Waals surface area (Å²) < 4.78 is 0. The van der Waals surface area contributed by atoms with Crippen LogP contribution in [0.1, 0.15) is 12.8 Å². The maximum absolute atomic E-state index is 11.4. The maximum atomic E-state index is 11.4. The quantitative estimate of drug-likeness (QED) is 0.599. The number of aliphatic carboxylic acids is 1. The fraction of sp³-hybridized carbons (Fsp3) is 0.625. The first-order valence-corrected chi connectivity index (χ1v) is 4.27. The van der Waals surface area contributed by atoms with Gasteiger partial charge in [-0.15, -0.1) is 0 Å². The predicted molar refractivity (Wildman–Crippen MR) is 46.4 cm³/mol. The summed E-state index contributed by atoms with van der Waals surface area (Å²) in [5.41, 5.74) is 0. The van der Waals surface area contributed by atoms with Gasteiger partial charge in [0.05, 0.1) is 6.54 Å². The molecule has 0 saturated carbocycles. The first-order valence-electron chi connectivity index (χ1n) is 4.27. The van der Waals surface area contributed by atoms with E-state index in [-0.39, 0.29) is 31.2 Å². The molecular formula is C8H12N2O4. The molecule has 2 N–H and O–H groups in total. The predicted octanol–water partition coefficient (Wildman–Crippen LogP) is -1.19. The molecule has 6 heteroatoms. The maximum Gasteiger partial charge on any atom is 0.303 e. The van der Waals surface area contributed by atoms with Crippen molar-refractivity contribution in [3.05, 3.63) is 0 Å². The number of hydrogen-bond acceptors (Lipinski definition) is 3. The van der Waals surface area contributed by atoms with Gasteiger partial charge in [-0.25, -0.2) is 0 Å². The first-order chi connectivity index (χ1) is 6.50. The van der Waals surface area contributed by atoms with Crippen LogP contribution in [0.4, 0.5) is 0 Å². The van der Waals surface area contributed by atoms with Crippen LogP contribution in [0.2, 0.25) is 0 Å². The molecule has 2 amide bonds. The van der Waals surface area contributed by atoms with Gasteiger partial charge >= 0.3 is 5.97 Å². The third-order valence-corrected chi connectivity index (χ3v) is 2.04. The van der Waals surface area contributed by atoms with E-state index in [2.05, 4.69) is 5.32 Å². The van der Waals surface area contributed by atoms with Crippen molar-refractivity contribution < 1.29 is 19.5 Å². The van der Waals surface area contributed by atoms with Crippen LogP contribution in [-0.2, 0) is 14.4 Å². The van der Waals surface area contributed by atoms with Crippen LogP contribution < -0.4 is 5.32 Å². The molecule has 0 aromatic heterocycles. The topological polar surface area (TPSA) is 86.7 Å². The number of carbonyl (C=O) groups is 3.